The van der Waals surface area contributed by atoms with Crippen LogP contribution in [0.4, 0.5) is 0 Å². The zero-order valence-corrected chi connectivity index (χ0v) is 18.3. The third-order valence-corrected chi connectivity index (χ3v) is 6.39. The molecule has 0 fully saturated rings. The SMILES string of the molecule is Cc1cc(-c2ccc(-c3cc(CP)cc(CP)c3C)cc2)ccc1P. The number of aryl methyl sites for hydroxylation is 1. The van der Waals surface area contributed by atoms with Crippen molar-refractivity contribution in [3.05, 3.63) is 76.9 Å². The fourth-order valence-electron chi connectivity index (χ4n) is 3.17. The van der Waals surface area contributed by atoms with E-state index in [1.54, 1.807) is 0 Å². The third kappa shape index (κ3) is 4.04. The normalized spacial score (nSPS) is 10.9. The number of benzene rings is 3. The molecule has 3 aromatic carbocycles. The molecule has 0 bridgehead atoms. The zero-order valence-electron chi connectivity index (χ0n) is 14.8. The second-order valence-electron chi connectivity index (χ2n) is 6.48. The molecule has 3 atom stereocenters. The summed E-state index contributed by atoms with van der Waals surface area (Å²) in [5.74, 6) is 0. The van der Waals surface area contributed by atoms with Gasteiger partial charge in [0.2, 0.25) is 0 Å². The molecule has 25 heavy (non-hydrogen) atoms. The lowest BCUT2D eigenvalue weighted by Gasteiger charge is -2.14. The van der Waals surface area contributed by atoms with Crippen LogP contribution >= 0.6 is 27.7 Å². The van der Waals surface area contributed by atoms with Crippen LogP contribution in [0.3, 0.4) is 0 Å². The van der Waals surface area contributed by atoms with Gasteiger partial charge in [0, 0.05) is 0 Å². The molecule has 0 aliphatic heterocycles. The summed E-state index contributed by atoms with van der Waals surface area (Å²) in [7, 11) is 8.48. The molecule has 0 saturated carbocycles. The third-order valence-electron chi connectivity index (χ3n) is 4.83. The van der Waals surface area contributed by atoms with Crippen molar-refractivity contribution in [1.82, 2.24) is 0 Å². The summed E-state index contributed by atoms with van der Waals surface area (Å²) in [6.45, 7) is 4.39. The van der Waals surface area contributed by atoms with E-state index in [0.717, 1.165) is 12.3 Å². The molecule has 3 unspecified atom stereocenters. The molecular weight excluding hydrogens is 357 g/mol. The molecule has 3 heteroatoms. The van der Waals surface area contributed by atoms with E-state index in [-0.39, 0.29) is 0 Å². The van der Waals surface area contributed by atoms with E-state index in [2.05, 4.69) is 96.2 Å². The molecule has 3 rings (SSSR count). The van der Waals surface area contributed by atoms with E-state index < -0.39 is 0 Å². The first kappa shape index (κ1) is 18.7. The highest BCUT2D eigenvalue weighted by atomic mass is 31.0. The molecule has 0 saturated heterocycles. The van der Waals surface area contributed by atoms with Gasteiger partial charge in [-0.1, -0.05) is 54.6 Å². The van der Waals surface area contributed by atoms with Crippen LogP contribution < -0.4 is 5.30 Å². The van der Waals surface area contributed by atoms with Crippen molar-refractivity contribution in [2.75, 3.05) is 0 Å². The summed E-state index contributed by atoms with van der Waals surface area (Å²) >= 11 is 0. The Hall–Kier alpha value is -1.05. The largest absolute Gasteiger partial charge is 0.133 e. The summed E-state index contributed by atoms with van der Waals surface area (Å²) in [6.07, 6.45) is 1.99. The highest BCUT2D eigenvalue weighted by Crippen LogP contribution is 2.31. The Bertz CT molecular complexity index is 896. The minimum Gasteiger partial charge on any atom is -0.133 e. The first-order valence-corrected chi connectivity index (χ1v) is 10.7. The van der Waals surface area contributed by atoms with Crippen molar-refractivity contribution in [1.29, 1.82) is 0 Å². The lowest BCUT2D eigenvalue weighted by atomic mass is 9.93. The fourth-order valence-corrected chi connectivity index (χ4v) is 4.01. The first-order valence-electron chi connectivity index (χ1n) is 8.53. The van der Waals surface area contributed by atoms with Gasteiger partial charge >= 0.3 is 0 Å². The van der Waals surface area contributed by atoms with Gasteiger partial charge < -0.3 is 0 Å². The van der Waals surface area contributed by atoms with Gasteiger partial charge in [0.05, 0.1) is 0 Å². The molecule has 3 aromatic rings. The van der Waals surface area contributed by atoms with Crippen LogP contribution in [0.1, 0.15) is 22.3 Å². The van der Waals surface area contributed by atoms with Gasteiger partial charge in [-0.15, -0.1) is 27.7 Å². The molecule has 0 radical (unpaired) electrons. The first-order chi connectivity index (χ1) is 12.0. The minimum absolute atomic E-state index is 0.990. The van der Waals surface area contributed by atoms with Gasteiger partial charge in [-0.2, -0.15) is 0 Å². The molecule has 0 amide bonds. The van der Waals surface area contributed by atoms with Crippen LogP contribution in [0.15, 0.2) is 54.6 Å². The molecule has 0 heterocycles. The molecule has 0 aliphatic rings. The number of hydrogen-bond donors (Lipinski definition) is 0. The Kier molecular flexibility index (Phi) is 6.07. The van der Waals surface area contributed by atoms with Crippen molar-refractivity contribution in [3.63, 3.8) is 0 Å². The second kappa shape index (κ2) is 8.10. The van der Waals surface area contributed by atoms with Gasteiger partial charge in [0.25, 0.3) is 0 Å². The quantitative estimate of drug-likeness (QED) is 0.494. The average Bonchev–Trinajstić information content (AvgIpc) is 2.64. The maximum atomic E-state index is 2.85. The lowest BCUT2D eigenvalue weighted by molar-refractivity contribution is 1.26. The smallest absolute Gasteiger partial charge is 0.0126 e. The Balaban J connectivity index is 2.01. The van der Waals surface area contributed by atoms with E-state index in [0.29, 0.717) is 0 Å². The molecule has 0 aromatic heterocycles. The molecular formula is C22H25P3. The Labute approximate surface area is 158 Å². The second-order valence-corrected chi connectivity index (χ2v) is 7.92. The van der Waals surface area contributed by atoms with Crippen molar-refractivity contribution in [3.8, 4) is 22.3 Å². The predicted octanol–water partition coefficient (Wildman–Crippen LogP) is 5.89. The maximum absolute atomic E-state index is 2.85. The van der Waals surface area contributed by atoms with Gasteiger partial charge in [-0.3, -0.25) is 0 Å². The summed E-state index contributed by atoms with van der Waals surface area (Å²) in [4.78, 5) is 0. The molecule has 0 N–H and O–H groups in total. The highest BCUT2D eigenvalue weighted by Gasteiger charge is 2.09. The van der Waals surface area contributed by atoms with Gasteiger partial charge in [-0.05, 0) is 76.0 Å². The van der Waals surface area contributed by atoms with E-state index in [1.807, 2.05) is 0 Å². The van der Waals surface area contributed by atoms with Crippen molar-refractivity contribution in [2.45, 2.75) is 26.2 Å². The van der Waals surface area contributed by atoms with E-state index in [4.69, 9.17) is 0 Å². The standard InChI is InChI=1S/C22H25P3/c1-14-9-19(7-8-22(14)25)17-3-5-18(6-4-17)21-11-16(12-23)10-20(13-24)15(21)2/h3-11H,12-13,23-25H2,1-2H3. The Morgan fingerprint density at radius 2 is 1.36 bits per heavy atom. The van der Waals surface area contributed by atoms with Crippen LogP contribution in [0, 0.1) is 13.8 Å². The monoisotopic (exact) mass is 382 g/mol. The van der Waals surface area contributed by atoms with Gasteiger partial charge in [-0.25, -0.2) is 0 Å². The zero-order chi connectivity index (χ0) is 18.0. The summed E-state index contributed by atoms with van der Waals surface area (Å²) in [5.41, 5.74) is 10.7. The van der Waals surface area contributed by atoms with Gasteiger partial charge in [0.1, 0.15) is 0 Å². The van der Waals surface area contributed by atoms with Crippen LogP contribution in [0.5, 0.6) is 0 Å². The number of rotatable bonds is 4. The molecule has 128 valence electrons. The van der Waals surface area contributed by atoms with Crippen molar-refractivity contribution >= 4 is 33.0 Å². The molecule has 0 spiro atoms. The van der Waals surface area contributed by atoms with Crippen LogP contribution in [-0.2, 0) is 12.3 Å². The van der Waals surface area contributed by atoms with Gasteiger partial charge in [0.15, 0.2) is 0 Å². The number of hydrogen-bond acceptors (Lipinski definition) is 0. The van der Waals surface area contributed by atoms with E-state index >= 15 is 0 Å². The van der Waals surface area contributed by atoms with E-state index in [1.165, 1.54) is 49.8 Å². The Morgan fingerprint density at radius 3 is 1.96 bits per heavy atom. The summed E-state index contributed by atoms with van der Waals surface area (Å²) in [5, 5.41) is 1.26. The molecule has 0 nitrogen and oxygen atoms in total. The minimum atomic E-state index is 0.990. The van der Waals surface area contributed by atoms with E-state index in [9.17, 15) is 0 Å². The maximum Gasteiger partial charge on any atom is -0.0126 e. The van der Waals surface area contributed by atoms with Crippen LogP contribution in [-0.4, -0.2) is 0 Å². The Morgan fingerprint density at radius 1 is 0.720 bits per heavy atom. The summed E-state index contributed by atoms with van der Waals surface area (Å²) in [6, 6.07) is 20.2. The van der Waals surface area contributed by atoms with Crippen molar-refractivity contribution in [2.24, 2.45) is 0 Å². The average molecular weight is 382 g/mol. The highest BCUT2D eigenvalue weighted by molar-refractivity contribution is 7.27. The summed E-state index contributed by atoms with van der Waals surface area (Å²) < 4.78 is 0. The fraction of sp³-hybridized carbons (Fsp3) is 0.182. The topological polar surface area (TPSA) is 0 Å². The predicted molar refractivity (Wildman–Crippen MR) is 123 cm³/mol. The van der Waals surface area contributed by atoms with Crippen LogP contribution in [0.2, 0.25) is 0 Å². The lowest BCUT2D eigenvalue weighted by Crippen LogP contribution is -1.96. The molecule has 0 aliphatic carbocycles. The van der Waals surface area contributed by atoms with Crippen molar-refractivity contribution < 1.29 is 0 Å². The van der Waals surface area contributed by atoms with Crippen LogP contribution in [0.25, 0.3) is 22.3 Å².